The normalized spacial score (nSPS) is 10.6. The van der Waals surface area contributed by atoms with Crippen LogP contribution in [0.15, 0.2) is 54.6 Å². The van der Waals surface area contributed by atoms with Crippen molar-refractivity contribution in [1.29, 1.82) is 0 Å². The molecule has 3 aromatic rings. The summed E-state index contributed by atoms with van der Waals surface area (Å²) in [4.78, 5) is 4.42. The summed E-state index contributed by atoms with van der Waals surface area (Å²) in [5.74, 6) is 0.908. The van der Waals surface area contributed by atoms with Crippen LogP contribution in [0.4, 0.5) is 5.69 Å². The Kier molecular flexibility index (Phi) is 2.97. The van der Waals surface area contributed by atoms with E-state index in [2.05, 4.69) is 4.98 Å². The molecule has 2 aromatic carbocycles. The second-order valence-electron chi connectivity index (χ2n) is 4.10. The summed E-state index contributed by atoms with van der Waals surface area (Å²) in [6, 6.07) is 16.8. The van der Waals surface area contributed by atoms with Crippen LogP contribution in [0.3, 0.4) is 0 Å². The molecule has 0 bridgehead atoms. The van der Waals surface area contributed by atoms with Crippen LogP contribution in [-0.2, 0) is 0 Å². The third kappa shape index (κ3) is 2.33. The lowest BCUT2D eigenvalue weighted by atomic mass is 10.2. The number of ether oxygens (including phenoxy) is 1. The maximum atomic E-state index is 6.06. The van der Waals surface area contributed by atoms with E-state index in [1.165, 1.54) is 0 Å². The number of nitrogens with zero attached hydrogens (tertiary/aromatic N) is 1. The van der Waals surface area contributed by atoms with Gasteiger partial charge in [-0.25, -0.2) is 4.98 Å². The summed E-state index contributed by atoms with van der Waals surface area (Å²) in [6.45, 7) is 0. The molecule has 0 unspecified atom stereocenters. The second-order valence-corrected chi connectivity index (χ2v) is 4.51. The van der Waals surface area contributed by atoms with E-state index in [1.807, 2.05) is 30.3 Å². The van der Waals surface area contributed by atoms with Crippen molar-refractivity contribution in [2.45, 2.75) is 0 Å². The maximum absolute atomic E-state index is 6.06. The number of pyridine rings is 1. The zero-order valence-electron chi connectivity index (χ0n) is 10.0. The van der Waals surface area contributed by atoms with E-state index < -0.39 is 0 Å². The minimum atomic E-state index is 0.437. The minimum absolute atomic E-state index is 0.437. The molecule has 3 nitrogen and oxygen atoms in total. The molecule has 19 heavy (non-hydrogen) atoms. The van der Waals surface area contributed by atoms with Crippen LogP contribution in [0, 0.1) is 0 Å². The molecule has 0 saturated carbocycles. The molecule has 0 aliphatic carbocycles. The third-order valence-electron chi connectivity index (χ3n) is 2.78. The van der Waals surface area contributed by atoms with Gasteiger partial charge in [-0.2, -0.15) is 0 Å². The number of hydrogen-bond acceptors (Lipinski definition) is 3. The predicted octanol–water partition coefficient (Wildman–Crippen LogP) is 4.26. The van der Waals surface area contributed by atoms with Crippen molar-refractivity contribution < 1.29 is 4.74 Å². The molecule has 0 aliphatic rings. The standard InChI is InChI=1S/C15H11ClN2O/c16-11-5-3-6-12(17)15(11)19-14-9-8-10-4-1-2-7-13(10)18-14/h1-9H,17H2. The number of nitrogen functional groups attached to an aromatic ring is 1. The molecule has 4 heteroatoms. The van der Waals surface area contributed by atoms with Crippen LogP contribution in [0.2, 0.25) is 5.02 Å². The first-order valence-electron chi connectivity index (χ1n) is 5.82. The first kappa shape index (κ1) is 11.8. The molecule has 0 atom stereocenters. The van der Waals surface area contributed by atoms with Crippen LogP contribution < -0.4 is 10.5 Å². The van der Waals surface area contributed by atoms with E-state index in [0.717, 1.165) is 10.9 Å². The maximum Gasteiger partial charge on any atom is 0.219 e. The quantitative estimate of drug-likeness (QED) is 0.708. The molecule has 1 aromatic heterocycles. The Labute approximate surface area is 115 Å². The number of rotatable bonds is 2. The van der Waals surface area contributed by atoms with Crippen molar-refractivity contribution >= 4 is 28.2 Å². The number of para-hydroxylation sites is 2. The molecular formula is C15H11ClN2O. The third-order valence-corrected chi connectivity index (χ3v) is 3.07. The summed E-state index contributed by atoms with van der Waals surface area (Å²) in [5.41, 5.74) is 7.20. The van der Waals surface area contributed by atoms with Crippen molar-refractivity contribution in [2.24, 2.45) is 0 Å². The fourth-order valence-corrected chi connectivity index (χ4v) is 2.06. The Morgan fingerprint density at radius 1 is 0.947 bits per heavy atom. The Bertz CT molecular complexity index is 723. The highest BCUT2D eigenvalue weighted by Crippen LogP contribution is 2.34. The van der Waals surface area contributed by atoms with Gasteiger partial charge in [-0.3, -0.25) is 0 Å². The molecule has 0 radical (unpaired) electrons. The highest BCUT2D eigenvalue weighted by molar-refractivity contribution is 6.32. The van der Waals surface area contributed by atoms with Gasteiger partial charge in [0, 0.05) is 11.5 Å². The fourth-order valence-electron chi connectivity index (χ4n) is 1.84. The second kappa shape index (κ2) is 4.78. The number of nitrogens with two attached hydrogens (primary N) is 1. The van der Waals surface area contributed by atoms with E-state index >= 15 is 0 Å². The highest BCUT2D eigenvalue weighted by Gasteiger charge is 2.08. The summed E-state index contributed by atoms with van der Waals surface area (Å²) >= 11 is 6.06. The summed E-state index contributed by atoms with van der Waals surface area (Å²) < 4.78 is 5.68. The summed E-state index contributed by atoms with van der Waals surface area (Å²) in [6.07, 6.45) is 0. The average molecular weight is 271 g/mol. The van der Waals surface area contributed by atoms with Gasteiger partial charge >= 0.3 is 0 Å². The number of fused-ring (bicyclic) bond motifs is 1. The van der Waals surface area contributed by atoms with Gasteiger partial charge in [-0.15, -0.1) is 0 Å². The molecule has 2 N–H and O–H groups in total. The predicted molar refractivity (Wildman–Crippen MR) is 77.7 cm³/mol. The van der Waals surface area contributed by atoms with E-state index in [9.17, 15) is 0 Å². The van der Waals surface area contributed by atoms with Gasteiger partial charge in [0.1, 0.15) is 0 Å². The van der Waals surface area contributed by atoms with Gasteiger partial charge in [0.15, 0.2) is 5.75 Å². The average Bonchev–Trinajstić information content (AvgIpc) is 2.43. The van der Waals surface area contributed by atoms with Crippen molar-refractivity contribution in [2.75, 3.05) is 5.73 Å². The monoisotopic (exact) mass is 270 g/mol. The largest absolute Gasteiger partial charge is 0.435 e. The zero-order chi connectivity index (χ0) is 13.2. The van der Waals surface area contributed by atoms with Gasteiger partial charge in [0.25, 0.3) is 0 Å². The van der Waals surface area contributed by atoms with Crippen LogP contribution in [0.1, 0.15) is 0 Å². The van der Waals surface area contributed by atoms with Crippen molar-refractivity contribution in [3.63, 3.8) is 0 Å². The Morgan fingerprint density at radius 2 is 1.79 bits per heavy atom. The van der Waals surface area contributed by atoms with Crippen molar-refractivity contribution in [3.05, 3.63) is 59.6 Å². The van der Waals surface area contributed by atoms with Gasteiger partial charge < -0.3 is 10.5 Å². The molecular weight excluding hydrogens is 260 g/mol. The van der Waals surface area contributed by atoms with Crippen LogP contribution >= 0.6 is 11.6 Å². The summed E-state index contributed by atoms with van der Waals surface area (Å²) in [7, 11) is 0. The Balaban J connectivity index is 2.01. The van der Waals surface area contributed by atoms with Crippen LogP contribution in [0.5, 0.6) is 11.6 Å². The first-order chi connectivity index (χ1) is 9.24. The topological polar surface area (TPSA) is 48.1 Å². The molecule has 94 valence electrons. The summed E-state index contributed by atoms with van der Waals surface area (Å²) in [5, 5.41) is 1.52. The number of anilines is 1. The molecule has 0 saturated heterocycles. The van der Waals surface area contributed by atoms with Crippen molar-refractivity contribution in [3.8, 4) is 11.6 Å². The first-order valence-corrected chi connectivity index (χ1v) is 6.19. The number of benzene rings is 2. The molecule has 0 amide bonds. The Hall–Kier alpha value is -2.26. The minimum Gasteiger partial charge on any atom is -0.435 e. The molecule has 0 fully saturated rings. The van der Waals surface area contributed by atoms with Crippen LogP contribution in [0.25, 0.3) is 10.9 Å². The molecule has 0 aliphatic heterocycles. The van der Waals surface area contributed by atoms with E-state index in [4.69, 9.17) is 22.1 Å². The van der Waals surface area contributed by atoms with Gasteiger partial charge in [-0.05, 0) is 24.3 Å². The molecule has 1 heterocycles. The van der Waals surface area contributed by atoms with E-state index in [0.29, 0.717) is 22.3 Å². The number of aromatic nitrogens is 1. The van der Waals surface area contributed by atoms with E-state index in [1.54, 1.807) is 24.3 Å². The molecule has 0 spiro atoms. The fraction of sp³-hybridized carbons (Fsp3) is 0. The van der Waals surface area contributed by atoms with Gasteiger partial charge in [0.2, 0.25) is 5.88 Å². The van der Waals surface area contributed by atoms with Gasteiger partial charge in [-0.1, -0.05) is 35.9 Å². The lowest BCUT2D eigenvalue weighted by molar-refractivity contribution is 0.467. The van der Waals surface area contributed by atoms with E-state index in [-0.39, 0.29) is 0 Å². The smallest absolute Gasteiger partial charge is 0.219 e. The van der Waals surface area contributed by atoms with Crippen molar-refractivity contribution in [1.82, 2.24) is 4.98 Å². The molecule has 3 rings (SSSR count). The van der Waals surface area contributed by atoms with Gasteiger partial charge in [0.05, 0.1) is 16.2 Å². The number of halogens is 1. The lowest BCUT2D eigenvalue weighted by Crippen LogP contribution is -1.94. The Morgan fingerprint density at radius 3 is 2.63 bits per heavy atom. The zero-order valence-corrected chi connectivity index (χ0v) is 10.8. The highest BCUT2D eigenvalue weighted by atomic mass is 35.5. The lowest BCUT2D eigenvalue weighted by Gasteiger charge is -2.09. The number of hydrogen-bond donors (Lipinski definition) is 1. The van der Waals surface area contributed by atoms with Crippen LogP contribution in [-0.4, -0.2) is 4.98 Å². The SMILES string of the molecule is Nc1cccc(Cl)c1Oc1ccc2ccccc2n1.